The first-order valence-corrected chi connectivity index (χ1v) is 11.8. The molecule has 4 heterocycles. The number of carbonyl (C=O) groups excluding carboxylic acids is 1. The second kappa shape index (κ2) is 7.69. The van der Waals surface area contributed by atoms with Gasteiger partial charge < -0.3 is 9.84 Å². The van der Waals surface area contributed by atoms with Crippen LogP contribution in [0.15, 0.2) is 22.0 Å². The Balaban J connectivity index is 1.24. The molecule has 2 fully saturated rings. The van der Waals surface area contributed by atoms with Crippen molar-refractivity contribution in [2.75, 3.05) is 24.6 Å². The molecule has 2 aliphatic heterocycles. The molecule has 8 nitrogen and oxygen atoms in total. The fourth-order valence-corrected chi connectivity index (χ4v) is 6.13. The molecule has 0 bridgehead atoms. The van der Waals surface area contributed by atoms with Gasteiger partial charge in [0.05, 0.1) is 22.9 Å². The zero-order valence-corrected chi connectivity index (χ0v) is 16.5. The van der Waals surface area contributed by atoms with E-state index in [9.17, 15) is 13.2 Å². The van der Waals surface area contributed by atoms with Crippen molar-refractivity contribution in [1.82, 2.24) is 20.4 Å². The fraction of sp³-hybridized carbons (Fsp3) is 0.588. The van der Waals surface area contributed by atoms with Crippen LogP contribution in [0.25, 0.3) is 10.8 Å². The highest BCUT2D eigenvalue weighted by atomic mass is 32.2. The summed E-state index contributed by atoms with van der Waals surface area (Å²) in [6.45, 7) is 1.78. The number of rotatable bonds is 5. The lowest BCUT2D eigenvalue weighted by Gasteiger charge is -2.34. The summed E-state index contributed by atoms with van der Waals surface area (Å²) in [5.74, 6) is 1.42. The highest BCUT2D eigenvalue weighted by Crippen LogP contribution is 2.25. The van der Waals surface area contributed by atoms with Gasteiger partial charge in [0.1, 0.15) is 0 Å². The molecule has 1 amide bonds. The van der Waals surface area contributed by atoms with E-state index in [1.165, 1.54) is 11.3 Å². The van der Waals surface area contributed by atoms with Crippen LogP contribution in [0.5, 0.6) is 0 Å². The lowest BCUT2D eigenvalue weighted by atomic mass is 9.94. The molecule has 2 aromatic heterocycles. The maximum Gasteiger partial charge on any atom is 0.268 e. The molecule has 0 spiro atoms. The first-order valence-electron chi connectivity index (χ1n) is 9.09. The number of thiophene rings is 1. The Kier molecular flexibility index (Phi) is 5.29. The van der Waals surface area contributed by atoms with Crippen LogP contribution in [0.2, 0.25) is 0 Å². The Morgan fingerprint density at radius 3 is 2.81 bits per heavy atom. The van der Waals surface area contributed by atoms with Crippen LogP contribution in [-0.4, -0.2) is 60.0 Å². The van der Waals surface area contributed by atoms with Gasteiger partial charge in [-0.05, 0) is 43.8 Å². The quantitative estimate of drug-likeness (QED) is 0.792. The Bertz CT molecular complexity index is 886. The zero-order chi connectivity index (χ0) is 18.9. The minimum Gasteiger partial charge on any atom is -0.348 e. The molecule has 1 unspecified atom stereocenters. The molecule has 10 heteroatoms. The largest absolute Gasteiger partial charge is 0.348 e. The van der Waals surface area contributed by atoms with Crippen molar-refractivity contribution in [3.05, 3.63) is 23.3 Å². The van der Waals surface area contributed by atoms with Crippen molar-refractivity contribution in [1.29, 1.82) is 0 Å². The number of piperidine rings is 1. The van der Waals surface area contributed by atoms with Crippen molar-refractivity contribution in [3.8, 4) is 10.8 Å². The maximum absolute atomic E-state index is 12.4. The summed E-state index contributed by atoms with van der Waals surface area (Å²) in [4.78, 5) is 19.9. The molecule has 2 aliphatic rings. The molecular weight excluding hydrogens is 388 g/mol. The molecule has 0 saturated carbocycles. The molecule has 0 aliphatic carbocycles. The van der Waals surface area contributed by atoms with Gasteiger partial charge in [0.2, 0.25) is 5.91 Å². The molecule has 27 heavy (non-hydrogen) atoms. The predicted molar refractivity (Wildman–Crippen MR) is 101 cm³/mol. The number of likely N-dealkylation sites (tertiary alicyclic amines) is 1. The molecule has 1 atom stereocenters. The van der Waals surface area contributed by atoms with E-state index in [-0.39, 0.29) is 35.9 Å². The van der Waals surface area contributed by atoms with Crippen molar-refractivity contribution < 1.29 is 17.7 Å². The number of hydrogen-bond donors (Lipinski definition) is 1. The number of aromatic nitrogens is 2. The van der Waals surface area contributed by atoms with Crippen molar-refractivity contribution in [2.45, 2.75) is 31.8 Å². The summed E-state index contributed by atoms with van der Waals surface area (Å²) in [6, 6.07) is 3.94. The summed E-state index contributed by atoms with van der Waals surface area (Å²) >= 11 is 1.52. The monoisotopic (exact) mass is 410 g/mol. The SMILES string of the molecule is O=C(NCc1noc(-c2cccs2)n1)C1CCN(C2CCS(=O)(=O)C2)CC1. The van der Waals surface area contributed by atoms with Gasteiger partial charge in [-0.15, -0.1) is 11.3 Å². The lowest BCUT2D eigenvalue weighted by molar-refractivity contribution is -0.126. The second-order valence-electron chi connectivity index (χ2n) is 7.08. The third-order valence-corrected chi connectivity index (χ3v) is 7.85. The van der Waals surface area contributed by atoms with Crippen LogP contribution in [0, 0.1) is 5.92 Å². The van der Waals surface area contributed by atoms with Crippen molar-refractivity contribution in [3.63, 3.8) is 0 Å². The molecule has 146 valence electrons. The third kappa shape index (κ3) is 4.39. The van der Waals surface area contributed by atoms with E-state index in [1.807, 2.05) is 17.5 Å². The van der Waals surface area contributed by atoms with E-state index in [4.69, 9.17) is 4.52 Å². The average molecular weight is 411 g/mol. The first-order chi connectivity index (χ1) is 13.0. The first kappa shape index (κ1) is 18.6. The molecule has 1 N–H and O–H groups in total. The third-order valence-electron chi connectivity index (χ3n) is 5.25. The van der Waals surface area contributed by atoms with E-state index < -0.39 is 9.84 Å². The molecule has 2 saturated heterocycles. The molecule has 2 aromatic rings. The Labute approximate surface area is 161 Å². The minimum absolute atomic E-state index is 0.00355. The predicted octanol–water partition coefficient (Wildman–Crippen LogP) is 1.31. The zero-order valence-electron chi connectivity index (χ0n) is 14.8. The van der Waals surface area contributed by atoms with Crippen LogP contribution >= 0.6 is 11.3 Å². The van der Waals surface area contributed by atoms with Crippen molar-refractivity contribution in [2.24, 2.45) is 5.92 Å². The van der Waals surface area contributed by atoms with Crippen molar-refractivity contribution >= 4 is 27.1 Å². The smallest absolute Gasteiger partial charge is 0.268 e. The van der Waals surface area contributed by atoms with E-state index in [0.717, 1.165) is 30.8 Å². The number of nitrogens with one attached hydrogen (secondary N) is 1. The van der Waals surface area contributed by atoms with E-state index in [1.54, 1.807) is 0 Å². The summed E-state index contributed by atoms with van der Waals surface area (Å²) in [7, 11) is -2.87. The summed E-state index contributed by atoms with van der Waals surface area (Å²) in [6.07, 6.45) is 2.20. The number of nitrogens with zero attached hydrogens (tertiary/aromatic N) is 3. The van der Waals surface area contributed by atoms with Crippen LogP contribution in [-0.2, 0) is 21.2 Å². The second-order valence-corrected chi connectivity index (χ2v) is 10.3. The van der Waals surface area contributed by atoms with Gasteiger partial charge in [0.15, 0.2) is 15.7 Å². The van der Waals surface area contributed by atoms with Gasteiger partial charge >= 0.3 is 0 Å². The molecule has 4 rings (SSSR count). The Hall–Kier alpha value is -1.78. The molecule has 0 radical (unpaired) electrons. The van der Waals surface area contributed by atoms with E-state index >= 15 is 0 Å². The van der Waals surface area contributed by atoms with Crippen LogP contribution in [0.4, 0.5) is 0 Å². The van der Waals surface area contributed by atoms with E-state index in [0.29, 0.717) is 18.1 Å². The normalized spacial score (nSPS) is 23.5. The Morgan fingerprint density at radius 2 is 2.15 bits per heavy atom. The number of hydrogen-bond acceptors (Lipinski definition) is 8. The van der Waals surface area contributed by atoms with Gasteiger partial charge in [-0.3, -0.25) is 9.69 Å². The summed E-state index contributed by atoms with van der Waals surface area (Å²) in [5, 5.41) is 8.74. The highest BCUT2D eigenvalue weighted by molar-refractivity contribution is 7.91. The lowest BCUT2D eigenvalue weighted by Crippen LogP contribution is -2.45. The van der Waals surface area contributed by atoms with E-state index in [2.05, 4.69) is 20.4 Å². The molecular formula is C17H22N4O4S2. The fourth-order valence-electron chi connectivity index (χ4n) is 3.73. The number of carbonyl (C=O) groups is 1. The summed E-state index contributed by atoms with van der Waals surface area (Å²) in [5.41, 5.74) is 0. The Morgan fingerprint density at radius 1 is 1.33 bits per heavy atom. The molecule has 0 aromatic carbocycles. The number of sulfone groups is 1. The van der Waals surface area contributed by atoms with Gasteiger partial charge in [-0.2, -0.15) is 4.98 Å². The van der Waals surface area contributed by atoms with Gasteiger partial charge in [0, 0.05) is 12.0 Å². The number of amides is 1. The summed E-state index contributed by atoms with van der Waals surface area (Å²) < 4.78 is 28.5. The topological polar surface area (TPSA) is 105 Å². The van der Waals surface area contributed by atoms with Crippen LogP contribution in [0.1, 0.15) is 25.1 Å². The average Bonchev–Trinajstić information content (AvgIpc) is 3.40. The minimum atomic E-state index is -2.87. The highest BCUT2D eigenvalue weighted by Gasteiger charge is 2.35. The standard InChI is InChI=1S/C17H22N4O4S2/c22-16(18-10-15-19-17(25-20-15)14-2-1-8-26-14)12-3-6-21(7-4-12)13-5-9-27(23,24)11-13/h1-2,8,12-13H,3-7,9-11H2,(H,18,22). The van der Waals surface area contributed by atoms with Gasteiger partial charge in [0.25, 0.3) is 5.89 Å². The maximum atomic E-state index is 12.4. The van der Waals surface area contributed by atoms with Crippen LogP contribution < -0.4 is 5.32 Å². The van der Waals surface area contributed by atoms with Gasteiger partial charge in [-0.1, -0.05) is 11.2 Å². The van der Waals surface area contributed by atoms with Crippen LogP contribution in [0.3, 0.4) is 0 Å². The van der Waals surface area contributed by atoms with Gasteiger partial charge in [-0.25, -0.2) is 8.42 Å².